The molecule has 30 heavy (non-hydrogen) atoms. The van der Waals surface area contributed by atoms with Crippen LogP contribution in [0.15, 0.2) is 18.2 Å². The molecule has 7 nitrogen and oxygen atoms in total. The molecule has 2 unspecified atom stereocenters. The van der Waals surface area contributed by atoms with Crippen LogP contribution in [0.1, 0.15) is 43.7 Å². The largest absolute Gasteiger partial charge is 0.369 e. The van der Waals surface area contributed by atoms with Gasteiger partial charge in [-0.2, -0.15) is 0 Å². The number of carbonyl (C=O) groups is 3. The first kappa shape index (κ1) is 20.8. The summed E-state index contributed by atoms with van der Waals surface area (Å²) < 4.78 is 0. The molecule has 1 aromatic carbocycles. The number of piperazine rings is 1. The molecular formula is C23H32N4O3. The Balaban J connectivity index is 1.39. The Labute approximate surface area is 178 Å². The average molecular weight is 413 g/mol. The first-order valence-corrected chi connectivity index (χ1v) is 11.1. The van der Waals surface area contributed by atoms with E-state index in [-0.39, 0.29) is 18.6 Å². The zero-order valence-electron chi connectivity index (χ0n) is 18.3. The van der Waals surface area contributed by atoms with Gasteiger partial charge in [-0.25, -0.2) is 9.69 Å². The summed E-state index contributed by atoms with van der Waals surface area (Å²) in [7, 11) is 0. The molecule has 1 saturated carbocycles. The molecule has 1 aliphatic carbocycles. The van der Waals surface area contributed by atoms with Crippen molar-refractivity contribution in [2.24, 2.45) is 5.92 Å². The Morgan fingerprint density at radius 1 is 0.933 bits per heavy atom. The Bertz CT molecular complexity index is 847. The number of aryl methyl sites for hydroxylation is 1. The van der Waals surface area contributed by atoms with Gasteiger partial charge in [0.1, 0.15) is 0 Å². The van der Waals surface area contributed by atoms with Gasteiger partial charge >= 0.3 is 17.8 Å². The van der Waals surface area contributed by atoms with E-state index in [0.717, 1.165) is 56.8 Å². The second kappa shape index (κ2) is 8.38. The summed E-state index contributed by atoms with van der Waals surface area (Å²) >= 11 is 0. The van der Waals surface area contributed by atoms with Crippen molar-refractivity contribution in [3.63, 3.8) is 0 Å². The van der Waals surface area contributed by atoms with Crippen LogP contribution in [0, 0.1) is 19.8 Å². The summed E-state index contributed by atoms with van der Waals surface area (Å²) in [5.74, 6) is -1.07. The van der Waals surface area contributed by atoms with Gasteiger partial charge in [0.25, 0.3) is 0 Å². The zero-order valence-corrected chi connectivity index (χ0v) is 18.3. The van der Waals surface area contributed by atoms with Crippen LogP contribution < -0.4 is 4.90 Å². The summed E-state index contributed by atoms with van der Waals surface area (Å²) in [6.07, 6.45) is 3.92. The van der Waals surface area contributed by atoms with Crippen molar-refractivity contribution < 1.29 is 14.4 Å². The highest BCUT2D eigenvalue weighted by Crippen LogP contribution is 2.31. The average Bonchev–Trinajstić information content (AvgIpc) is 2.95. The summed E-state index contributed by atoms with van der Waals surface area (Å²) in [6, 6.07) is 5.77. The number of hydrogen-bond donors (Lipinski definition) is 0. The van der Waals surface area contributed by atoms with Gasteiger partial charge in [0, 0.05) is 37.9 Å². The molecular weight excluding hydrogens is 380 g/mol. The van der Waals surface area contributed by atoms with Gasteiger partial charge in [-0.1, -0.05) is 31.9 Å². The summed E-state index contributed by atoms with van der Waals surface area (Å²) in [5.41, 5.74) is 3.81. The molecule has 162 valence electrons. The number of imide groups is 2. The number of urea groups is 1. The first-order valence-electron chi connectivity index (χ1n) is 11.1. The van der Waals surface area contributed by atoms with Gasteiger partial charge < -0.3 is 4.90 Å². The van der Waals surface area contributed by atoms with Gasteiger partial charge in [0.15, 0.2) is 0 Å². The van der Waals surface area contributed by atoms with Gasteiger partial charge in [-0.3, -0.25) is 19.4 Å². The molecule has 0 bridgehead atoms. The third-order valence-electron chi connectivity index (χ3n) is 7.11. The lowest BCUT2D eigenvalue weighted by Crippen LogP contribution is -2.52. The highest BCUT2D eigenvalue weighted by atomic mass is 16.2. The molecule has 4 rings (SSSR count). The molecule has 7 heteroatoms. The molecule has 3 fully saturated rings. The normalized spacial score (nSPS) is 26.1. The van der Waals surface area contributed by atoms with Crippen LogP contribution in [-0.2, 0) is 9.59 Å². The van der Waals surface area contributed by atoms with E-state index < -0.39 is 17.8 Å². The quantitative estimate of drug-likeness (QED) is 0.562. The predicted molar refractivity (Wildman–Crippen MR) is 115 cm³/mol. The van der Waals surface area contributed by atoms with Crippen molar-refractivity contribution in [3.05, 3.63) is 29.3 Å². The van der Waals surface area contributed by atoms with Crippen molar-refractivity contribution in [3.8, 4) is 0 Å². The Morgan fingerprint density at radius 2 is 1.63 bits per heavy atom. The standard InChI is InChI=1S/C23H32N4O3/c1-16-8-6-10-20(18(16)3)25-13-11-24(12-14-25)15-26-21(28)22(29)27(23(26)30)19-9-5-4-7-17(19)2/h6,8,10,17,19H,4-5,7,9,11-15H2,1-3H3. The minimum Gasteiger partial charge on any atom is -0.369 e. The van der Waals surface area contributed by atoms with Crippen LogP contribution in [-0.4, -0.2) is 71.4 Å². The highest BCUT2D eigenvalue weighted by Gasteiger charge is 2.49. The number of amides is 4. The molecule has 4 amide bonds. The number of anilines is 1. The lowest BCUT2D eigenvalue weighted by Gasteiger charge is -2.38. The first-order chi connectivity index (χ1) is 14.4. The second-order valence-electron chi connectivity index (χ2n) is 8.99. The van der Waals surface area contributed by atoms with Gasteiger partial charge in [-0.05, 0) is 49.8 Å². The van der Waals surface area contributed by atoms with E-state index in [2.05, 4.69) is 48.8 Å². The SMILES string of the molecule is Cc1cccc(N2CCN(CN3C(=O)C(=O)N(C4CCCCC4C)C3=O)CC2)c1C. The maximum Gasteiger partial charge on any atom is 0.335 e. The van der Waals surface area contributed by atoms with Gasteiger partial charge in [0.2, 0.25) is 0 Å². The number of carbonyl (C=O) groups excluding carboxylic acids is 3. The van der Waals surface area contributed by atoms with E-state index in [9.17, 15) is 14.4 Å². The maximum atomic E-state index is 13.0. The van der Waals surface area contributed by atoms with E-state index >= 15 is 0 Å². The van der Waals surface area contributed by atoms with Crippen LogP contribution in [0.5, 0.6) is 0 Å². The monoisotopic (exact) mass is 412 g/mol. The lowest BCUT2D eigenvalue weighted by molar-refractivity contribution is -0.145. The Morgan fingerprint density at radius 3 is 2.33 bits per heavy atom. The van der Waals surface area contributed by atoms with E-state index in [0.29, 0.717) is 0 Å². The van der Waals surface area contributed by atoms with Crippen LogP contribution in [0.4, 0.5) is 10.5 Å². The fourth-order valence-corrected chi connectivity index (χ4v) is 5.03. The number of rotatable bonds is 4. The zero-order chi connectivity index (χ0) is 21.4. The summed E-state index contributed by atoms with van der Waals surface area (Å²) in [4.78, 5) is 45.0. The van der Waals surface area contributed by atoms with Crippen molar-refractivity contribution in [2.45, 2.75) is 52.5 Å². The summed E-state index contributed by atoms with van der Waals surface area (Å²) in [6.45, 7) is 9.69. The van der Waals surface area contributed by atoms with E-state index in [4.69, 9.17) is 0 Å². The van der Waals surface area contributed by atoms with Crippen LogP contribution in [0.25, 0.3) is 0 Å². The van der Waals surface area contributed by atoms with Crippen molar-refractivity contribution >= 4 is 23.5 Å². The molecule has 0 radical (unpaired) electrons. The Hall–Kier alpha value is -2.41. The van der Waals surface area contributed by atoms with Gasteiger partial charge in [-0.15, -0.1) is 0 Å². The molecule has 1 aromatic rings. The second-order valence-corrected chi connectivity index (χ2v) is 8.99. The molecule has 2 heterocycles. The van der Waals surface area contributed by atoms with Crippen molar-refractivity contribution in [1.29, 1.82) is 0 Å². The summed E-state index contributed by atoms with van der Waals surface area (Å²) in [5, 5.41) is 0. The lowest BCUT2D eigenvalue weighted by atomic mass is 9.85. The molecule has 0 spiro atoms. The molecule has 0 aromatic heterocycles. The van der Waals surface area contributed by atoms with Crippen LogP contribution in [0.3, 0.4) is 0 Å². The predicted octanol–water partition coefficient (Wildman–Crippen LogP) is 2.75. The van der Waals surface area contributed by atoms with E-state index in [1.165, 1.54) is 21.7 Å². The minimum atomic E-state index is -0.672. The van der Waals surface area contributed by atoms with E-state index in [1.54, 1.807) is 0 Å². The van der Waals surface area contributed by atoms with Gasteiger partial charge in [0.05, 0.1) is 6.67 Å². The van der Waals surface area contributed by atoms with Crippen molar-refractivity contribution in [1.82, 2.24) is 14.7 Å². The van der Waals surface area contributed by atoms with Crippen molar-refractivity contribution in [2.75, 3.05) is 37.7 Å². The highest BCUT2D eigenvalue weighted by molar-refractivity contribution is 6.44. The fraction of sp³-hybridized carbons (Fsp3) is 0.609. The number of hydrogen-bond acceptors (Lipinski definition) is 5. The smallest absolute Gasteiger partial charge is 0.335 e. The molecule has 2 aliphatic heterocycles. The molecule has 0 N–H and O–H groups in total. The topological polar surface area (TPSA) is 64.2 Å². The Kier molecular flexibility index (Phi) is 5.82. The maximum absolute atomic E-state index is 13.0. The number of nitrogens with zero attached hydrogens (tertiary/aromatic N) is 4. The fourth-order valence-electron chi connectivity index (χ4n) is 5.03. The van der Waals surface area contributed by atoms with Crippen LogP contribution >= 0.6 is 0 Å². The third kappa shape index (κ3) is 3.71. The molecule has 2 atom stereocenters. The van der Waals surface area contributed by atoms with E-state index in [1.807, 2.05) is 0 Å². The number of benzene rings is 1. The minimum absolute atomic E-state index is 0.145. The molecule has 2 saturated heterocycles. The van der Waals surface area contributed by atoms with Crippen LogP contribution in [0.2, 0.25) is 0 Å². The third-order valence-corrected chi connectivity index (χ3v) is 7.11. The molecule has 3 aliphatic rings.